The molecule has 2 N–H and O–H groups in total. The first-order valence-electron chi connectivity index (χ1n) is 8.72. The van der Waals surface area contributed by atoms with Gasteiger partial charge in [-0.25, -0.2) is 13.1 Å². The average Bonchev–Trinajstić information content (AvgIpc) is 2.96. The molecule has 1 fully saturated rings. The van der Waals surface area contributed by atoms with Crippen molar-refractivity contribution in [3.63, 3.8) is 0 Å². The zero-order chi connectivity index (χ0) is 19.4. The summed E-state index contributed by atoms with van der Waals surface area (Å²) in [6.07, 6.45) is 4.86. The van der Waals surface area contributed by atoms with Gasteiger partial charge in [0.25, 0.3) is 0 Å². The molecule has 27 heavy (non-hydrogen) atoms. The van der Waals surface area contributed by atoms with E-state index < -0.39 is 15.6 Å². The first kappa shape index (κ1) is 24.1. The second-order valence-corrected chi connectivity index (χ2v) is 8.93. The molecule has 1 unspecified atom stereocenters. The maximum atomic E-state index is 11.5. The van der Waals surface area contributed by atoms with Gasteiger partial charge in [-0.3, -0.25) is 9.67 Å². The summed E-state index contributed by atoms with van der Waals surface area (Å²) in [7, 11) is -1.41. The number of sulfonamides is 1. The van der Waals surface area contributed by atoms with Crippen LogP contribution in [-0.4, -0.2) is 73.6 Å². The van der Waals surface area contributed by atoms with E-state index in [1.165, 1.54) is 0 Å². The van der Waals surface area contributed by atoms with Crippen LogP contribution >= 0.6 is 24.0 Å². The topological polar surface area (TPSA) is 101 Å². The van der Waals surface area contributed by atoms with Crippen LogP contribution in [0.1, 0.15) is 32.4 Å². The number of rotatable bonds is 6. The van der Waals surface area contributed by atoms with Crippen molar-refractivity contribution >= 4 is 40.0 Å². The summed E-state index contributed by atoms with van der Waals surface area (Å²) in [5.41, 5.74) is 0.371. The number of aromatic nitrogens is 2. The molecule has 1 aliphatic rings. The largest absolute Gasteiger partial charge is 0.370 e. The summed E-state index contributed by atoms with van der Waals surface area (Å²) in [5, 5.41) is 7.50. The van der Waals surface area contributed by atoms with Crippen LogP contribution < -0.4 is 10.0 Å². The molecule has 0 aromatic carbocycles. The van der Waals surface area contributed by atoms with Gasteiger partial charge in [0, 0.05) is 37.4 Å². The first-order chi connectivity index (χ1) is 12.1. The fourth-order valence-corrected chi connectivity index (χ4v) is 3.95. The van der Waals surface area contributed by atoms with E-state index in [1.807, 2.05) is 40.2 Å². The Labute approximate surface area is 179 Å². The molecule has 0 spiro atoms. The van der Waals surface area contributed by atoms with Crippen molar-refractivity contribution in [3.8, 4) is 0 Å². The summed E-state index contributed by atoms with van der Waals surface area (Å²) >= 11 is 0. The fraction of sp³-hybridized carbons (Fsp3) is 0.750. The maximum absolute atomic E-state index is 11.5. The van der Waals surface area contributed by atoms with Crippen LogP contribution in [0.15, 0.2) is 17.4 Å². The summed E-state index contributed by atoms with van der Waals surface area (Å²) in [4.78, 5) is 6.79. The zero-order valence-corrected chi connectivity index (χ0v) is 19.7. The van der Waals surface area contributed by atoms with Crippen molar-refractivity contribution in [3.05, 3.63) is 18.0 Å². The third kappa shape index (κ3) is 7.92. The molecule has 156 valence electrons. The second kappa shape index (κ2) is 10.0. The Kier molecular flexibility index (Phi) is 8.96. The highest BCUT2D eigenvalue weighted by Gasteiger charge is 2.27. The second-order valence-electron chi connectivity index (χ2n) is 7.18. The number of guanidine groups is 1. The van der Waals surface area contributed by atoms with Crippen LogP contribution in [0.4, 0.5) is 0 Å². The third-order valence-corrected chi connectivity index (χ3v) is 4.81. The smallest absolute Gasteiger partial charge is 0.209 e. The number of aryl methyl sites for hydroxylation is 1. The summed E-state index contributed by atoms with van der Waals surface area (Å²) in [6, 6.07) is 0. The lowest BCUT2D eigenvalue weighted by Crippen LogP contribution is -2.50. The Balaban J connectivity index is 0.00000364. The van der Waals surface area contributed by atoms with E-state index in [2.05, 4.69) is 25.0 Å². The Bertz CT molecular complexity index is 734. The van der Waals surface area contributed by atoms with E-state index in [0.29, 0.717) is 19.7 Å². The van der Waals surface area contributed by atoms with Gasteiger partial charge in [-0.15, -0.1) is 24.0 Å². The lowest BCUT2D eigenvalue weighted by molar-refractivity contribution is -0.00806. The van der Waals surface area contributed by atoms with Crippen molar-refractivity contribution < 1.29 is 13.2 Å². The highest BCUT2D eigenvalue weighted by Crippen LogP contribution is 2.21. The van der Waals surface area contributed by atoms with E-state index in [1.54, 1.807) is 4.68 Å². The van der Waals surface area contributed by atoms with Crippen molar-refractivity contribution in [2.75, 3.05) is 39.0 Å². The number of halogens is 1. The van der Waals surface area contributed by atoms with Gasteiger partial charge in [0.05, 0.1) is 32.1 Å². The summed E-state index contributed by atoms with van der Waals surface area (Å²) in [6.45, 7) is 8.69. The van der Waals surface area contributed by atoms with Crippen molar-refractivity contribution in [2.45, 2.75) is 32.4 Å². The van der Waals surface area contributed by atoms with Gasteiger partial charge in [0.1, 0.15) is 6.10 Å². The molecular weight excluding hydrogens is 483 g/mol. The van der Waals surface area contributed by atoms with Gasteiger partial charge in [-0.2, -0.15) is 5.10 Å². The molecule has 0 amide bonds. The van der Waals surface area contributed by atoms with Crippen LogP contribution in [0.5, 0.6) is 0 Å². The van der Waals surface area contributed by atoms with E-state index >= 15 is 0 Å². The molecule has 1 aromatic rings. The zero-order valence-electron chi connectivity index (χ0n) is 16.6. The molecule has 2 heterocycles. The Hall–Kier alpha value is -0.920. The molecular formula is C16H31IN6O3S. The van der Waals surface area contributed by atoms with Gasteiger partial charge in [-0.05, 0) is 20.8 Å². The van der Waals surface area contributed by atoms with E-state index in [9.17, 15) is 8.42 Å². The summed E-state index contributed by atoms with van der Waals surface area (Å²) < 4.78 is 33.3. The van der Waals surface area contributed by atoms with Crippen molar-refractivity contribution in [2.24, 2.45) is 12.0 Å². The quantitative estimate of drug-likeness (QED) is 0.330. The minimum Gasteiger partial charge on any atom is -0.370 e. The van der Waals surface area contributed by atoms with Crippen LogP contribution in [0.3, 0.4) is 0 Å². The third-order valence-electron chi connectivity index (χ3n) is 3.88. The normalized spacial score (nSPS) is 18.9. The molecule has 9 nitrogen and oxygen atoms in total. The van der Waals surface area contributed by atoms with Crippen molar-refractivity contribution in [1.82, 2.24) is 24.7 Å². The highest BCUT2D eigenvalue weighted by molar-refractivity contribution is 14.0. The van der Waals surface area contributed by atoms with Gasteiger partial charge in [-0.1, -0.05) is 0 Å². The highest BCUT2D eigenvalue weighted by atomic mass is 127. The summed E-state index contributed by atoms with van der Waals surface area (Å²) in [5.74, 6) is 0.757. The van der Waals surface area contributed by atoms with E-state index in [-0.39, 0.29) is 30.1 Å². The Morgan fingerprint density at radius 2 is 2.19 bits per heavy atom. The minimum atomic E-state index is -3.29. The maximum Gasteiger partial charge on any atom is 0.209 e. The first-order valence-corrected chi connectivity index (χ1v) is 10.6. The van der Waals surface area contributed by atoms with Crippen molar-refractivity contribution in [1.29, 1.82) is 0 Å². The standard InChI is InChI=1S/C16H30N6O3S.HI/c1-6-17-15(18-12-16(2,3)20-26(5,23)24)22-7-8-25-14(11-22)13-9-19-21(4)10-13;/h9-10,14,20H,6-8,11-12H2,1-5H3,(H,17,18);1H. The predicted molar refractivity (Wildman–Crippen MR) is 117 cm³/mol. The molecule has 11 heteroatoms. The van der Waals surface area contributed by atoms with Crippen LogP contribution in [0.2, 0.25) is 0 Å². The molecule has 1 atom stereocenters. The van der Waals surface area contributed by atoms with Gasteiger partial charge in [0.2, 0.25) is 10.0 Å². The molecule has 0 radical (unpaired) electrons. The number of hydrogen-bond acceptors (Lipinski definition) is 5. The number of hydrogen-bond donors (Lipinski definition) is 2. The lowest BCUT2D eigenvalue weighted by atomic mass is 10.1. The monoisotopic (exact) mass is 514 g/mol. The number of aliphatic imine (C=N–C) groups is 1. The minimum absolute atomic E-state index is 0. The molecule has 0 saturated carbocycles. The predicted octanol–water partition coefficient (Wildman–Crippen LogP) is 0.705. The van der Waals surface area contributed by atoms with E-state index in [4.69, 9.17) is 4.74 Å². The molecule has 1 aliphatic heterocycles. The van der Waals surface area contributed by atoms with Gasteiger partial charge < -0.3 is 15.0 Å². The molecule has 0 bridgehead atoms. The molecule has 1 aromatic heterocycles. The van der Waals surface area contributed by atoms with E-state index in [0.717, 1.165) is 30.9 Å². The number of morpholine rings is 1. The lowest BCUT2D eigenvalue weighted by Gasteiger charge is -2.35. The Morgan fingerprint density at radius 1 is 1.48 bits per heavy atom. The molecule has 0 aliphatic carbocycles. The number of nitrogens with one attached hydrogen (secondary N) is 2. The SMILES string of the molecule is CCNC(=NCC(C)(C)NS(C)(=O)=O)N1CCOC(c2cnn(C)c2)C1.I. The van der Waals surface area contributed by atoms with Crippen LogP contribution in [0.25, 0.3) is 0 Å². The van der Waals surface area contributed by atoms with Crippen LogP contribution in [-0.2, 0) is 21.8 Å². The van der Waals surface area contributed by atoms with Crippen LogP contribution in [0, 0.1) is 0 Å². The number of nitrogens with zero attached hydrogens (tertiary/aromatic N) is 4. The number of ether oxygens (including phenoxy) is 1. The molecule has 1 saturated heterocycles. The fourth-order valence-electron chi connectivity index (χ4n) is 2.88. The van der Waals surface area contributed by atoms with Gasteiger partial charge >= 0.3 is 0 Å². The van der Waals surface area contributed by atoms with Gasteiger partial charge in [0.15, 0.2) is 5.96 Å². The average molecular weight is 514 g/mol. The Morgan fingerprint density at radius 3 is 2.74 bits per heavy atom. The molecule has 2 rings (SSSR count).